The van der Waals surface area contributed by atoms with E-state index in [1.807, 2.05) is 6.92 Å². The zero-order chi connectivity index (χ0) is 19.4. The molecule has 0 radical (unpaired) electrons. The second kappa shape index (κ2) is 7.73. The molecular weight excluding hydrogens is 352 g/mol. The third-order valence-electron chi connectivity index (χ3n) is 3.88. The van der Waals surface area contributed by atoms with Gasteiger partial charge in [-0.15, -0.1) is 0 Å². The lowest BCUT2D eigenvalue weighted by atomic mass is 10.1. The fourth-order valence-corrected chi connectivity index (χ4v) is 2.59. The van der Waals surface area contributed by atoms with Gasteiger partial charge < -0.3 is 19.3 Å². The molecule has 0 bridgehead atoms. The Bertz CT molecular complexity index is 970. The molecule has 0 fully saturated rings. The molecule has 0 atom stereocenters. The molecule has 3 rings (SSSR count). The van der Waals surface area contributed by atoms with E-state index < -0.39 is 4.92 Å². The number of ether oxygens (including phenoxy) is 2. The fraction of sp³-hybridized carbons (Fsp3) is 0.222. The molecule has 1 heterocycles. The maximum atomic E-state index is 11.3. The third-order valence-corrected chi connectivity index (χ3v) is 3.88. The number of aromatic nitrogens is 2. The van der Waals surface area contributed by atoms with E-state index >= 15 is 0 Å². The van der Waals surface area contributed by atoms with Crippen LogP contribution >= 0.6 is 0 Å². The van der Waals surface area contributed by atoms with Gasteiger partial charge in [-0.3, -0.25) is 10.1 Å². The fourth-order valence-electron chi connectivity index (χ4n) is 2.59. The van der Waals surface area contributed by atoms with Crippen molar-refractivity contribution in [3.63, 3.8) is 0 Å². The van der Waals surface area contributed by atoms with Gasteiger partial charge in [-0.25, -0.2) is 0 Å². The van der Waals surface area contributed by atoms with Crippen LogP contribution in [0, 0.1) is 10.1 Å². The number of nitro groups is 1. The predicted molar refractivity (Wildman–Crippen MR) is 99.1 cm³/mol. The third kappa shape index (κ3) is 3.66. The highest BCUT2D eigenvalue weighted by molar-refractivity contribution is 5.71. The van der Waals surface area contributed by atoms with Crippen molar-refractivity contribution in [2.45, 2.75) is 6.92 Å². The second-order valence-electron chi connectivity index (χ2n) is 5.51. The molecule has 1 aromatic heterocycles. The smallest absolute Gasteiger partial charge is 0.293 e. The molecule has 0 spiro atoms. The van der Waals surface area contributed by atoms with Gasteiger partial charge >= 0.3 is 0 Å². The summed E-state index contributed by atoms with van der Waals surface area (Å²) in [4.78, 5) is 15.2. The first-order valence-corrected chi connectivity index (χ1v) is 8.16. The van der Waals surface area contributed by atoms with Gasteiger partial charge in [0.2, 0.25) is 5.82 Å². The highest BCUT2D eigenvalue weighted by Crippen LogP contribution is 2.33. The summed E-state index contributed by atoms with van der Waals surface area (Å²) in [7, 11) is 3.09. The predicted octanol–water partition coefficient (Wildman–Crippen LogP) is 3.76. The topological polar surface area (TPSA) is 113 Å². The monoisotopic (exact) mass is 370 g/mol. The number of methoxy groups -OCH3 is 2. The Morgan fingerprint density at radius 2 is 1.85 bits per heavy atom. The van der Waals surface area contributed by atoms with E-state index in [9.17, 15) is 10.1 Å². The van der Waals surface area contributed by atoms with Gasteiger partial charge in [0, 0.05) is 23.7 Å². The Morgan fingerprint density at radius 1 is 1.11 bits per heavy atom. The summed E-state index contributed by atoms with van der Waals surface area (Å²) in [6.45, 7) is 2.44. The highest BCUT2D eigenvalue weighted by atomic mass is 16.6. The van der Waals surface area contributed by atoms with Gasteiger partial charge in [-0.05, 0) is 37.3 Å². The van der Waals surface area contributed by atoms with E-state index in [2.05, 4.69) is 15.5 Å². The van der Waals surface area contributed by atoms with Crippen molar-refractivity contribution in [2.24, 2.45) is 0 Å². The van der Waals surface area contributed by atoms with Crippen LogP contribution in [0.15, 0.2) is 40.9 Å². The number of benzene rings is 2. The van der Waals surface area contributed by atoms with E-state index in [1.54, 1.807) is 37.4 Å². The Labute approximate surface area is 155 Å². The maximum absolute atomic E-state index is 11.3. The molecule has 2 aromatic carbocycles. The summed E-state index contributed by atoms with van der Waals surface area (Å²) in [5.74, 6) is 1.64. The summed E-state index contributed by atoms with van der Waals surface area (Å²) < 4.78 is 15.8. The average molecular weight is 370 g/mol. The maximum Gasteiger partial charge on any atom is 0.293 e. The van der Waals surface area contributed by atoms with Crippen molar-refractivity contribution in [2.75, 3.05) is 26.1 Å². The highest BCUT2D eigenvalue weighted by Gasteiger charge is 2.18. The second-order valence-corrected chi connectivity index (χ2v) is 5.51. The van der Waals surface area contributed by atoms with Crippen LogP contribution in [-0.4, -0.2) is 35.8 Å². The quantitative estimate of drug-likeness (QED) is 0.494. The van der Waals surface area contributed by atoms with E-state index in [4.69, 9.17) is 14.0 Å². The first-order chi connectivity index (χ1) is 13.1. The number of hydrogen-bond donors (Lipinski definition) is 1. The van der Waals surface area contributed by atoms with Gasteiger partial charge in [0.15, 0.2) is 11.5 Å². The first-order valence-electron chi connectivity index (χ1n) is 8.16. The van der Waals surface area contributed by atoms with E-state index in [0.29, 0.717) is 40.7 Å². The summed E-state index contributed by atoms with van der Waals surface area (Å²) in [5.41, 5.74) is 1.51. The van der Waals surface area contributed by atoms with E-state index in [-0.39, 0.29) is 11.6 Å². The molecular formula is C18H18N4O5. The van der Waals surface area contributed by atoms with Crippen LogP contribution in [-0.2, 0) is 0 Å². The van der Waals surface area contributed by atoms with Crippen LogP contribution in [0.3, 0.4) is 0 Å². The molecule has 0 aliphatic carbocycles. The summed E-state index contributed by atoms with van der Waals surface area (Å²) in [6.07, 6.45) is 0. The van der Waals surface area contributed by atoms with Gasteiger partial charge in [-0.2, -0.15) is 4.98 Å². The molecule has 0 aliphatic heterocycles. The molecule has 0 saturated heterocycles. The largest absolute Gasteiger partial charge is 0.493 e. The van der Waals surface area contributed by atoms with Crippen molar-refractivity contribution in [1.29, 1.82) is 0 Å². The Kier molecular flexibility index (Phi) is 5.20. The number of nitro benzene ring substituents is 1. The molecule has 0 amide bonds. The Hall–Kier alpha value is -3.62. The van der Waals surface area contributed by atoms with Gasteiger partial charge in [0.25, 0.3) is 11.6 Å². The standard InChI is InChI=1S/C18H18N4O5/c1-4-19-13-7-5-12(9-14(13)22(23)24)18-20-17(21-27-18)11-6-8-15(25-2)16(10-11)26-3/h5-10,19H,4H2,1-3H3. The summed E-state index contributed by atoms with van der Waals surface area (Å²) in [6, 6.07) is 9.95. The van der Waals surface area contributed by atoms with Crippen molar-refractivity contribution in [3.05, 3.63) is 46.5 Å². The minimum Gasteiger partial charge on any atom is -0.493 e. The molecule has 140 valence electrons. The van der Waals surface area contributed by atoms with Crippen LogP contribution in [0.4, 0.5) is 11.4 Å². The van der Waals surface area contributed by atoms with Crippen LogP contribution in [0.1, 0.15) is 6.92 Å². The molecule has 9 nitrogen and oxygen atoms in total. The zero-order valence-corrected chi connectivity index (χ0v) is 15.1. The minimum absolute atomic E-state index is 0.0554. The average Bonchev–Trinajstić information content (AvgIpc) is 3.18. The molecule has 0 aliphatic rings. The minimum atomic E-state index is -0.451. The number of hydrogen-bond acceptors (Lipinski definition) is 8. The molecule has 1 N–H and O–H groups in total. The van der Waals surface area contributed by atoms with Crippen LogP contribution < -0.4 is 14.8 Å². The lowest BCUT2D eigenvalue weighted by Gasteiger charge is -2.07. The normalized spacial score (nSPS) is 10.5. The van der Waals surface area contributed by atoms with Crippen LogP contribution in [0.5, 0.6) is 11.5 Å². The molecule has 27 heavy (non-hydrogen) atoms. The lowest BCUT2D eigenvalue weighted by Crippen LogP contribution is -2.01. The number of nitrogens with one attached hydrogen (secondary N) is 1. The first kappa shape index (κ1) is 18.2. The van der Waals surface area contributed by atoms with Crippen molar-refractivity contribution in [1.82, 2.24) is 10.1 Å². The van der Waals surface area contributed by atoms with Gasteiger partial charge in [0.05, 0.1) is 19.1 Å². The Balaban J connectivity index is 1.96. The Morgan fingerprint density at radius 3 is 2.52 bits per heavy atom. The molecule has 3 aromatic rings. The van der Waals surface area contributed by atoms with Crippen LogP contribution in [0.2, 0.25) is 0 Å². The van der Waals surface area contributed by atoms with Gasteiger partial charge in [-0.1, -0.05) is 5.16 Å². The SMILES string of the molecule is CCNc1ccc(-c2nc(-c3ccc(OC)c(OC)c3)no2)cc1[N+](=O)[O-]. The zero-order valence-electron chi connectivity index (χ0n) is 15.1. The lowest BCUT2D eigenvalue weighted by molar-refractivity contribution is -0.383. The summed E-state index contributed by atoms with van der Waals surface area (Å²) >= 11 is 0. The molecule has 0 saturated carbocycles. The van der Waals surface area contributed by atoms with Crippen molar-refractivity contribution >= 4 is 11.4 Å². The molecule has 0 unspecified atom stereocenters. The van der Waals surface area contributed by atoms with Crippen molar-refractivity contribution < 1.29 is 18.9 Å². The van der Waals surface area contributed by atoms with Gasteiger partial charge in [0.1, 0.15) is 5.69 Å². The number of rotatable bonds is 7. The summed E-state index contributed by atoms with van der Waals surface area (Å²) in [5, 5.41) is 18.2. The number of nitrogens with zero attached hydrogens (tertiary/aromatic N) is 3. The number of anilines is 1. The van der Waals surface area contributed by atoms with E-state index in [0.717, 1.165) is 0 Å². The van der Waals surface area contributed by atoms with E-state index in [1.165, 1.54) is 13.2 Å². The van der Waals surface area contributed by atoms with Crippen molar-refractivity contribution in [3.8, 4) is 34.3 Å². The molecule has 9 heteroatoms. The van der Waals surface area contributed by atoms with Crippen LogP contribution in [0.25, 0.3) is 22.8 Å².